The Kier molecular flexibility index (Phi) is 31.3. The van der Waals surface area contributed by atoms with Crippen molar-refractivity contribution in [1.29, 1.82) is 0 Å². The Bertz CT molecular complexity index is 6300. The maximum absolute atomic E-state index is 12.6. The minimum absolute atomic E-state index is 0. The molecule has 0 bridgehead atoms. The number of nitrogens with two attached hydrogens (primary N) is 1. The molecule has 14 rings (SSSR count). The highest BCUT2D eigenvalue weighted by Crippen LogP contribution is 2.32. The molecule has 3 amide bonds. The second-order valence-corrected chi connectivity index (χ2v) is 32.3. The molecule has 6 aromatic carbocycles. The van der Waals surface area contributed by atoms with E-state index in [0.717, 1.165) is 60.0 Å². The number of rotatable bonds is 16. The van der Waals surface area contributed by atoms with E-state index < -0.39 is 35.1 Å². The zero-order valence-corrected chi connectivity index (χ0v) is 72.1. The Morgan fingerprint density at radius 3 is 1.22 bits per heavy atom. The van der Waals surface area contributed by atoms with Crippen LogP contribution < -0.4 is 58.7 Å². The van der Waals surface area contributed by atoms with E-state index in [2.05, 4.69) is 46.8 Å². The fraction of sp³-hybridized carbons (Fsp3) is 0.245. The third-order valence-electron chi connectivity index (χ3n) is 17.6. The van der Waals surface area contributed by atoms with Crippen molar-refractivity contribution >= 4 is 96.0 Å². The normalized spacial score (nSPS) is 11.7. The van der Waals surface area contributed by atoms with E-state index in [-0.39, 0.29) is 71.9 Å². The lowest BCUT2D eigenvalue weighted by molar-refractivity contribution is -0.113. The van der Waals surface area contributed by atoms with E-state index in [1.807, 2.05) is 191 Å². The summed E-state index contributed by atoms with van der Waals surface area (Å²) in [6.07, 6.45) is 9.73. The van der Waals surface area contributed by atoms with Gasteiger partial charge in [-0.3, -0.25) is 52.4 Å². The molecule has 7 aromatic heterocycles. The zero-order valence-electron chi connectivity index (χ0n) is 69.7. The van der Waals surface area contributed by atoms with Gasteiger partial charge in [-0.05, 0) is 197 Å². The third-order valence-corrected chi connectivity index (χ3v) is 18.1. The summed E-state index contributed by atoms with van der Waals surface area (Å²) in [5.41, 5.74) is 16.7. The van der Waals surface area contributed by atoms with Gasteiger partial charge in [0.05, 0.1) is 42.1 Å². The van der Waals surface area contributed by atoms with E-state index in [1.165, 1.54) is 39.0 Å². The van der Waals surface area contributed by atoms with Crippen LogP contribution in [0, 0.1) is 20.8 Å². The molecule has 13 aromatic rings. The molecule has 0 radical (unpaired) electrons. The fourth-order valence-corrected chi connectivity index (χ4v) is 12.4. The van der Waals surface area contributed by atoms with Crippen molar-refractivity contribution < 1.29 is 42.9 Å². The van der Waals surface area contributed by atoms with Crippen LogP contribution in [0.5, 0.6) is 11.5 Å². The molecule has 0 unspecified atom stereocenters. The molecule has 0 aliphatic heterocycles. The molecule has 0 atom stereocenters. The Balaban J connectivity index is 0.000000179. The van der Waals surface area contributed by atoms with Gasteiger partial charge in [-0.1, -0.05) is 113 Å². The lowest BCUT2D eigenvalue weighted by Crippen LogP contribution is -2.32. The van der Waals surface area contributed by atoms with Crippen molar-refractivity contribution in [2.75, 3.05) is 0 Å². The largest absolute Gasteiger partial charge is 0.488 e. The van der Waals surface area contributed by atoms with Gasteiger partial charge in [0.15, 0.2) is 16.6 Å². The molecule has 27 heteroatoms. The molecule has 0 saturated carbocycles. The average Bonchev–Trinajstić information content (AvgIpc) is 0.794. The average molecular weight is 1720 g/mol. The van der Waals surface area contributed by atoms with Crippen molar-refractivity contribution in [2.45, 2.75) is 153 Å². The lowest BCUT2D eigenvalue weighted by Gasteiger charge is -2.19. The Morgan fingerprint density at radius 2 is 0.826 bits per heavy atom. The molecule has 121 heavy (non-hydrogen) atoms. The second-order valence-electron chi connectivity index (χ2n) is 31.4. The first-order valence-corrected chi connectivity index (χ1v) is 39.5. The molecule has 0 spiro atoms. The molecule has 25 nitrogen and oxygen atoms in total. The van der Waals surface area contributed by atoms with Crippen molar-refractivity contribution in [1.82, 2.24) is 49.6 Å². The number of carbonyl (C=O) groups excluding carboxylic acids is 4. The Labute approximate surface area is 714 Å². The summed E-state index contributed by atoms with van der Waals surface area (Å²) in [4.78, 5) is 123. The van der Waals surface area contributed by atoms with Gasteiger partial charge in [-0.25, -0.2) is 14.4 Å². The maximum atomic E-state index is 12.6. The number of aryl methyl sites for hydroxylation is 3. The first-order chi connectivity index (χ1) is 57.0. The number of hydrogen-bond donors (Lipinski definition) is 6. The van der Waals surface area contributed by atoms with Gasteiger partial charge >= 0.3 is 18.3 Å². The maximum Gasteiger partial charge on any atom is 0.407 e. The number of nitrogens with zero attached hydrogens (tertiary/aromatic N) is 5. The number of ether oxygens (including phenoxy) is 5. The molecule has 7 N–H and O–H groups in total. The van der Waals surface area contributed by atoms with Crippen LogP contribution in [-0.2, 0) is 58.4 Å². The number of nitrogens with one attached hydrogen (secondary N) is 5. The van der Waals surface area contributed by atoms with Crippen LogP contribution in [-0.4, -0.2) is 74.5 Å². The number of carbonyl (C=O) groups is 4. The lowest BCUT2D eigenvalue weighted by atomic mass is 10.1. The highest BCUT2D eigenvalue weighted by atomic mass is 79.9. The van der Waals surface area contributed by atoms with Crippen LogP contribution in [0.1, 0.15) is 126 Å². The second kappa shape index (κ2) is 41.4. The summed E-state index contributed by atoms with van der Waals surface area (Å²) in [7, 11) is 0. The van der Waals surface area contributed by atoms with Gasteiger partial charge in [-0.15, -0.1) is 12.4 Å². The highest BCUT2D eigenvalue weighted by Gasteiger charge is 2.21. The first-order valence-electron chi connectivity index (χ1n) is 38.7. The predicted octanol–water partition coefficient (Wildman–Crippen LogP) is 17.2. The van der Waals surface area contributed by atoms with E-state index in [9.17, 15) is 43.2 Å². The predicted molar refractivity (Wildman–Crippen MR) is 480 cm³/mol. The molecule has 0 saturated heterocycles. The molecular formula is C94H99BrClN11O14. The molecular weight excluding hydrogens is 1620 g/mol. The molecule has 1 aliphatic carbocycles. The van der Waals surface area contributed by atoms with Crippen molar-refractivity contribution in [2.24, 2.45) is 5.73 Å². The number of aromatic amines is 2. The summed E-state index contributed by atoms with van der Waals surface area (Å²) in [5.74, 6) is 1.54. The summed E-state index contributed by atoms with van der Waals surface area (Å²) in [5, 5.41) is 10.8. The number of pyridine rings is 7. The number of fused-ring (bicyclic) bond motifs is 4. The number of amides is 3. The summed E-state index contributed by atoms with van der Waals surface area (Å²) < 4.78 is 33.7. The number of allylic oxidation sites excluding steroid dienone is 4. The van der Waals surface area contributed by atoms with Crippen LogP contribution in [0.25, 0.3) is 60.7 Å². The van der Waals surface area contributed by atoms with Crippen LogP contribution >= 0.6 is 28.3 Å². The number of aromatic nitrogens is 7. The van der Waals surface area contributed by atoms with Crippen molar-refractivity contribution in [3.8, 4) is 28.6 Å². The minimum atomic E-state index is -0.592. The highest BCUT2D eigenvalue weighted by molar-refractivity contribution is 9.10. The quantitative estimate of drug-likeness (QED) is 0.0490. The van der Waals surface area contributed by atoms with Gasteiger partial charge < -0.3 is 55.3 Å². The molecule has 628 valence electrons. The van der Waals surface area contributed by atoms with Gasteiger partial charge in [-0.2, -0.15) is 0 Å². The van der Waals surface area contributed by atoms with Crippen molar-refractivity contribution in [3.05, 3.63) is 343 Å². The topological polar surface area (TPSA) is 334 Å². The fourth-order valence-electron chi connectivity index (χ4n) is 12.0. The smallest absolute Gasteiger partial charge is 0.407 e. The van der Waals surface area contributed by atoms with Gasteiger partial charge in [0, 0.05) is 140 Å². The minimum Gasteiger partial charge on any atom is -0.488 e. The van der Waals surface area contributed by atoms with Gasteiger partial charge in [0.25, 0.3) is 16.7 Å². The van der Waals surface area contributed by atoms with Gasteiger partial charge in [0.1, 0.15) is 41.5 Å². The molecule has 1 aliphatic rings. The third kappa shape index (κ3) is 27.6. The number of halogens is 2. The van der Waals surface area contributed by atoms with Crippen LogP contribution in [0.4, 0.5) is 14.4 Å². The summed E-state index contributed by atoms with van der Waals surface area (Å²) >= 11 is 3.50. The van der Waals surface area contributed by atoms with Gasteiger partial charge in [0.2, 0.25) is 0 Å². The SMILES string of the molecule is CC(C)(C)OC(=O)NCc1cc(OCc2ccccc2)c2cc(Br)ccc2n1.CC1=CCC(=O)C=C1.Cc1ccc(=O)n(-c2ccc3[nH]c(CN)cc(=O)c3c2)c1.Cc1ccc(=O)n(-c2ccc3[nH]c(CNC(=O)OC(C)(C)C)cc(=O)c3c2)c1.Cc1ccc(=O)n(-c2ccc3nc(CNC(=O)OC(C)(C)C)cc(OCc4ccccc4)c3c2)c1.Cl. The van der Waals surface area contributed by atoms with E-state index in [0.29, 0.717) is 86.9 Å². The van der Waals surface area contributed by atoms with E-state index >= 15 is 0 Å². The van der Waals surface area contributed by atoms with Crippen LogP contribution in [0.15, 0.2) is 265 Å². The van der Waals surface area contributed by atoms with E-state index in [4.69, 9.17) is 34.4 Å². The number of hydrogen-bond acceptors (Lipinski definition) is 17. The number of H-pyrrole nitrogens is 2. The monoisotopic (exact) mass is 1720 g/mol. The van der Waals surface area contributed by atoms with E-state index in [1.54, 1.807) is 111 Å². The molecule has 0 fully saturated rings. The summed E-state index contributed by atoms with van der Waals surface area (Å²) in [6.45, 7) is 25.7. The zero-order chi connectivity index (χ0) is 86.6. The summed E-state index contributed by atoms with van der Waals surface area (Å²) in [6, 6.07) is 58.2. The Hall–Kier alpha value is -13.3. The standard InChI is InChI=1S/C28H29N3O4.C22H23BrN2O3.C21H23N3O4.C16H15N3O2.C7H8O.ClH/c1-19-10-13-26(32)31(17-19)22-11-12-24-23(15-22)25(34-18-20-8-6-5-7-9-20)14-21(30-24)16-29-27(33)35-28(2,3)4;1-22(2,3)28-21(26)24-13-17-12-20(27-14-15-7-5-4-6-8-15)18-11-16(23)9-10-19(18)25-17;1-13-5-8-19(26)24(12-13)15-6-7-17-16(10-15)18(25)9-14(23-17)11-22-20(27)28-21(2,3)4;1-10-2-5-16(21)19(9-10)12-3-4-14-13(7-12)15(20)6-11(8-17)18-14;1-6-2-4-7(8)5-3-6;/h5-15,17H,16,18H2,1-4H3,(H,29,33);4-12H,13-14H2,1-3H3,(H,24,26);5-10,12H,11H2,1-4H3,(H,22,27)(H,23,25);2-7,9H,8,17H2,1H3,(H,18,20);2-4H,5H2,1H3;1H. The first kappa shape index (κ1) is 91.6. The van der Waals surface area contributed by atoms with Crippen molar-refractivity contribution in [3.63, 3.8) is 0 Å². The van der Waals surface area contributed by atoms with Crippen LogP contribution in [0.2, 0.25) is 0 Å². The van der Waals surface area contributed by atoms with Crippen LogP contribution in [0.3, 0.4) is 0 Å². The molecule has 7 heterocycles. The Morgan fingerprint density at radius 1 is 0.446 bits per heavy atom. The number of alkyl carbamates (subject to hydrolysis) is 3. The number of benzene rings is 6. The number of ketones is 1.